The highest BCUT2D eigenvalue weighted by Gasteiger charge is 2.20. The largest absolute Gasteiger partial charge is 0.335 e. The molecule has 0 aliphatic rings. The van der Waals surface area contributed by atoms with E-state index in [1.807, 2.05) is 6.07 Å². The lowest BCUT2D eigenvalue weighted by atomic mass is 10.1. The summed E-state index contributed by atoms with van der Waals surface area (Å²) in [5.74, 6) is 0. The van der Waals surface area contributed by atoms with Gasteiger partial charge < -0.3 is 0 Å². The second-order valence-electron chi connectivity index (χ2n) is 7.02. The number of hydrogen-bond donors (Lipinski definition) is 0. The molecular formula is C22H16N6O4. The number of non-ortho nitro benzene ring substituents is 1. The third kappa shape index (κ3) is 3.37. The highest BCUT2D eigenvalue weighted by molar-refractivity contribution is 5.62. The van der Waals surface area contributed by atoms with Gasteiger partial charge in [-0.1, -0.05) is 6.07 Å². The molecule has 0 saturated carbocycles. The van der Waals surface area contributed by atoms with Crippen molar-refractivity contribution < 1.29 is 4.92 Å². The van der Waals surface area contributed by atoms with Crippen LogP contribution >= 0.6 is 0 Å². The van der Waals surface area contributed by atoms with E-state index in [4.69, 9.17) is 5.26 Å². The first-order valence-corrected chi connectivity index (χ1v) is 9.46. The first-order chi connectivity index (χ1) is 15.3. The van der Waals surface area contributed by atoms with Crippen LogP contribution in [0.4, 0.5) is 5.69 Å². The minimum absolute atomic E-state index is 0.172. The van der Waals surface area contributed by atoms with Gasteiger partial charge in [0.05, 0.1) is 33.5 Å². The van der Waals surface area contributed by atoms with E-state index in [0.29, 0.717) is 22.6 Å². The standard InChI is InChI=1S/C22H16N6O4/c1-14-20(19-10-11-26(24-19)16-8-6-15(13-23)7-9-16)21(29)25(2)22(30)27(14)17-4-3-5-18(12-17)28(31)32/h3-12H,1-2H3. The lowest BCUT2D eigenvalue weighted by Gasteiger charge is -2.14. The minimum Gasteiger partial charge on any atom is -0.268 e. The van der Waals surface area contributed by atoms with Gasteiger partial charge in [-0.25, -0.2) is 9.48 Å². The fraction of sp³-hybridized carbons (Fsp3) is 0.0909. The van der Waals surface area contributed by atoms with Gasteiger partial charge >= 0.3 is 5.69 Å². The fourth-order valence-corrected chi connectivity index (χ4v) is 3.45. The molecule has 2 aromatic carbocycles. The Kier molecular flexibility index (Phi) is 5.00. The molecule has 0 amide bonds. The Balaban J connectivity index is 1.90. The van der Waals surface area contributed by atoms with E-state index in [0.717, 1.165) is 4.57 Å². The quantitative estimate of drug-likeness (QED) is 0.363. The maximum atomic E-state index is 13.0. The Morgan fingerprint density at radius 1 is 1.06 bits per heavy atom. The van der Waals surface area contributed by atoms with Crippen molar-refractivity contribution in [3.63, 3.8) is 0 Å². The average Bonchev–Trinajstić information content (AvgIpc) is 3.28. The summed E-state index contributed by atoms with van der Waals surface area (Å²) >= 11 is 0. The normalized spacial score (nSPS) is 10.7. The van der Waals surface area contributed by atoms with Crippen molar-refractivity contribution in [2.75, 3.05) is 0 Å². The summed E-state index contributed by atoms with van der Waals surface area (Å²) in [5.41, 5.74) is 0.995. The molecule has 0 atom stereocenters. The van der Waals surface area contributed by atoms with Crippen LogP contribution in [0.3, 0.4) is 0 Å². The summed E-state index contributed by atoms with van der Waals surface area (Å²) in [6, 6.07) is 16.1. The molecule has 2 aromatic heterocycles. The van der Waals surface area contributed by atoms with Crippen molar-refractivity contribution in [1.82, 2.24) is 18.9 Å². The van der Waals surface area contributed by atoms with Crippen LogP contribution in [0.5, 0.6) is 0 Å². The Morgan fingerprint density at radius 3 is 2.44 bits per heavy atom. The zero-order chi connectivity index (χ0) is 23.0. The first kappa shape index (κ1) is 20.5. The molecule has 0 N–H and O–H groups in total. The van der Waals surface area contributed by atoms with Crippen LogP contribution in [-0.4, -0.2) is 23.8 Å². The van der Waals surface area contributed by atoms with Gasteiger partial charge in [-0.3, -0.25) is 24.0 Å². The molecule has 2 heterocycles. The van der Waals surface area contributed by atoms with E-state index in [2.05, 4.69) is 5.10 Å². The number of nitrogens with zero attached hydrogens (tertiary/aromatic N) is 6. The third-order valence-corrected chi connectivity index (χ3v) is 5.10. The van der Waals surface area contributed by atoms with Crippen LogP contribution in [0.15, 0.2) is 70.4 Å². The van der Waals surface area contributed by atoms with Crippen LogP contribution in [0.2, 0.25) is 0 Å². The number of nitriles is 1. The van der Waals surface area contributed by atoms with Gasteiger partial charge in [0.25, 0.3) is 11.2 Å². The molecule has 32 heavy (non-hydrogen) atoms. The molecule has 0 bridgehead atoms. The number of aromatic nitrogens is 4. The van der Waals surface area contributed by atoms with E-state index in [-0.39, 0.29) is 16.9 Å². The van der Waals surface area contributed by atoms with Gasteiger partial charge in [-0.2, -0.15) is 10.4 Å². The van der Waals surface area contributed by atoms with Crippen molar-refractivity contribution in [3.05, 3.63) is 103 Å². The Morgan fingerprint density at radius 2 is 1.78 bits per heavy atom. The second-order valence-corrected chi connectivity index (χ2v) is 7.02. The molecule has 0 aliphatic carbocycles. The van der Waals surface area contributed by atoms with Crippen LogP contribution in [0.1, 0.15) is 11.3 Å². The lowest BCUT2D eigenvalue weighted by molar-refractivity contribution is -0.384. The van der Waals surface area contributed by atoms with Crippen molar-refractivity contribution in [3.8, 4) is 28.7 Å². The molecular weight excluding hydrogens is 412 g/mol. The smallest absolute Gasteiger partial charge is 0.268 e. The first-order valence-electron chi connectivity index (χ1n) is 9.46. The summed E-state index contributed by atoms with van der Waals surface area (Å²) in [6.45, 7) is 1.59. The van der Waals surface area contributed by atoms with E-state index < -0.39 is 16.2 Å². The molecule has 0 aliphatic heterocycles. The van der Waals surface area contributed by atoms with Gasteiger partial charge in [-0.05, 0) is 43.3 Å². The zero-order valence-corrected chi connectivity index (χ0v) is 17.1. The number of nitro groups is 1. The molecule has 158 valence electrons. The van der Waals surface area contributed by atoms with Gasteiger partial charge in [0, 0.05) is 31.1 Å². The topological polar surface area (TPSA) is 129 Å². The van der Waals surface area contributed by atoms with Crippen molar-refractivity contribution in [2.45, 2.75) is 6.92 Å². The van der Waals surface area contributed by atoms with Gasteiger partial charge in [0.1, 0.15) is 5.69 Å². The number of rotatable bonds is 4. The number of nitro benzene ring substituents is 1. The Bertz CT molecular complexity index is 1520. The molecule has 0 spiro atoms. The Hall–Kier alpha value is -4.78. The molecule has 4 rings (SSSR count). The van der Waals surface area contributed by atoms with E-state index >= 15 is 0 Å². The summed E-state index contributed by atoms with van der Waals surface area (Å²) < 4.78 is 3.75. The minimum atomic E-state index is -0.622. The predicted octanol–water partition coefficient (Wildman–Crippen LogP) is 2.48. The zero-order valence-electron chi connectivity index (χ0n) is 17.1. The van der Waals surface area contributed by atoms with E-state index in [1.54, 1.807) is 54.2 Å². The van der Waals surface area contributed by atoms with Gasteiger partial charge in [-0.15, -0.1) is 0 Å². The summed E-state index contributed by atoms with van der Waals surface area (Å²) in [4.78, 5) is 36.4. The van der Waals surface area contributed by atoms with Crippen LogP contribution in [0, 0.1) is 28.4 Å². The van der Waals surface area contributed by atoms with E-state index in [1.165, 1.54) is 29.8 Å². The number of hydrogen-bond acceptors (Lipinski definition) is 6. The fourth-order valence-electron chi connectivity index (χ4n) is 3.45. The molecule has 0 saturated heterocycles. The van der Waals surface area contributed by atoms with Crippen LogP contribution < -0.4 is 11.2 Å². The van der Waals surface area contributed by atoms with Gasteiger partial charge in [0.2, 0.25) is 0 Å². The SMILES string of the molecule is Cc1c(-c2ccn(-c3ccc(C#N)cc3)n2)c(=O)n(C)c(=O)n1-c1cccc([N+](=O)[O-])c1. The van der Waals surface area contributed by atoms with Gasteiger partial charge in [0.15, 0.2) is 0 Å². The molecule has 0 unspecified atom stereocenters. The molecule has 10 nitrogen and oxygen atoms in total. The highest BCUT2D eigenvalue weighted by atomic mass is 16.6. The summed E-state index contributed by atoms with van der Waals surface area (Å²) in [5, 5.41) is 24.6. The summed E-state index contributed by atoms with van der Waals surface area (Å²) in [7, 11) is 1.35. The Labute approximate surface area is 181 Å². The van der Waals surface area contributed by atoms with Crippen LogP contribution in [-0.2, 0) is 7.05 Å². The van der Waals surface area contributed by atoms with Crippen molar-refractivity contribution in [1.29, 1.82) is 5.26 Å². The molecule has 4 aromatic rings. The average molecular weight is 428 g/mol. The number of benzene rings is 2. The molecule has 10 heteroatoms. The van der Waals surface area contributed by atoms with Crippen molar-refractivity contribution in [2.24, 2.45) is 7.05 Å². The lowest BCUT2D eigenvalue weighted by Crippen LogP contribution is -2.39. The third-order valence-electron chi connectivity index (χ3n) is 5.10. The highest BCUT2D eigenvalue weighted by Crippen LogP contribution is 2.22. The summed E-state index contributed by atoms with van der Waals surface area (Å²) in [6.07, 6.45) is 1.67. The predicted molar refractivity (Wildman–Crippen MR) is 116 cm³/mol. The second kappa shape index (κ2) is 7.81. The van der Waals surface area contributed by atoms with Crippen molar-refractivity contribution >= 4 is 5.69 Å². The molecule has 0 radical (unpaired) electrons. The van der Waals surface area contributed by atoms with E-state index in [9.17, 15) is 19.7 Å². The monoisotopic (exact) mass is 428 g/mol. The maximum Gasteiger partial charge on any atom is 0.335 e. The maximum absolute atomic E-state index is 13.0. The van der Waals surface area contributed by atoms with Crippen LogP contribution in [0.25, 0.3) is 22.6 Å². The molecule has 0 fully saturated rings.